The lowest BCUT2D eigenvalue weighted by atomic mass is 10.2. The second-order valence-electron chi connectivity index (χ2n) is 4.63. The van der Waals surface area contributed by atoms with Gasteiger partial charge in [0.1, 0.15) is 5.75 Å². The Morgan fingerprint density at radius 3 is 2.76 bits per heavy atom. The average Bonchev–Trinajstić information content (AvgIpc) is 2.88. The highest BCUT2D eigenvalue weighted by Crippen LogP contribution is 2.34. The molecule has 0 bridgehead atoms. The molecule has 0 aliphatic heterocycles. The quantitative estimate of drug-likeness (QED) is 0.909. The first-order valence-electron chi connectivity index (χ1n) is 6.34. The Morgan fingerprint density at radius 1 is 1.38 bits per heavy atom. The Labute approximate surface area is 124 Å². The van der Waals surface area contributed by atoms with E-state index in [2.05, 4.69) is 4.98 Å². The number of aromatic nitrogens is 1. The molecule has 0 aliphatic carbocycles. The molecule has 0 aliphatic rings. The van der Waals surface area contributed by atoms with Gasteiger partial charge in [0.2, 0.25) is 0 Å². The van der Waals surface area contributed by atoms with Crippen molar-refractivity contribution in [1.82, 2.24) is 4.98 Å². The minimum absolute atomic E-state index is 0.337. The van der Waals surface area contributed by atoms with Crippen molar-refractivity contribution in [3.8, 4) is 5.75 Å². The maximum absolute atomic E-state index is 12.5. The zero-order chi connectivity index (χ0) is 15.5. The highest BCUT2D eigenvalue weighted by molar-refractivity contribution is 7.11. The lowest BCUT2D eigenvalue weighted by molar-refractivity contribution is -0.137. The van der Waals surface area contributed by atoms with Crippen molar-refractivity contribution < 1.29 is 17.9 Å². The van der Waals surface area contributed by atoms with Crippen molar-refractivity contribution in [2.45, 2.75) is 25.6 Å². The van der Waals surface area contributed by atoms with E-state index in [1.807, 2.05) is 31.2 Å². The van der Waals surface area contributed by atoms with Crippen LogP contribution in [-0.2, 0) is 6.18 Å². The molecule has 1 aromatic heterocycles. The normalized spacial score (nSPS) is 13.2. The first kappa shape index (κ1) is 15.8. The molecule has 1 aromatic carbocycles. The van der Waals surface area contributed by atoms with Gasteiger partial charge in [0.25, 0.3) is 0 Å². The molecule has 114 valence electrons. The Balaban J connectivity index is 1.87. The largest absolute Gasteiger partial charge is 0.494 e. The van der Waals surface area contributed by atoms with Crippen LogP contribution in [0.1, 0.15) is 27.9 Å². The van der Waals surface area contributed by atoms with E-state index in [4.69, 9.17) is 10.5 Å². The molecule has 0 fully saturated rings. The van der Waals surface area contributed by atoms with Crippen molar-refractivity contribution in [3.63, 3.8) is 0 Å². The molecule has 1 unspecified atom stereocenters. The van der Waals surface area contributed by atoms with Gasteiger partial charge >= 0.3 is 6.18 Å². The predicted octanol–water partition coefficient (Wildman–Crippen LogP) is 3.94. The number of benzene rings is 1. The zero-order valence-electron chi connectivity index (χ0n) is 11.4. The number of thiazole rings is 1. The fourth-order valence-corrected chi connectivity index (χ4v) is 2.56. The molecular weight excluding hydrogens is 301 g/mol. The Morgan fingerprint density at radius 2 is 2.14 bits per heavy atom. The summed E-state index contributed by atoms with van der Waals surface area (Å²) >= 11 is 0.580. The topological polar surface area (TPSA) is 48.1 Å². The summed E-state index contributed by atoms with van der Waals surface area (Å²) in [7, 11) is 0. The number of nitrogens with zero attached hydrogens (tertiary/aromatic N) is 1. The molecular formula is C14H15F3N2OS. The summed E-state index contributed by atoms with van der Waals surface area (Å²) in [5, 5.41) is -0.868. The summed E-state index contributed by atoms with van der Waals surface area (Å²) in [4.78, 5) is 3.77. The average molecular weight is 316 g/mol. The van der Waals surface area contributed by atoms with Gasteiger partial charge in [-0.3, -0.25) is 0 Å². The van der Waals surface area contributed by atoms with E-state index in [0.717, 1.165) is 11.3 Å². The minimum Gasteiger partial charge on any atom is -0.494 e. The molecule has 7 heteroatoms. The smallest absolute Gasteiger partial charge is 0.443 e. The lowest BCUT2D eigenvalue weighted by Gasteiger charge is -2.11. The van der Waals surface area contributed by atoms with Crippen LogP contribution < -0.4 is 10.5 Å². The molecule has 1 heterocycles. The standard InChI is InChI=1S/C14H15F3N2OS/c1-9-3-2-4-10(7-9)20-6-5-11(18)12-8-19-13(21-12)14(15,16)17/h2-4,7-8,11H,5-6,18H2,1H3. The van der Waals surface area contributed by atoms with E-state index >= 15 is 0 Å². The van der Waals surface area contributed by atoms with Gasteiger partial charge in [0, 0.05) is 23.5 Å². The summed E-state index contributed by atoms with van der Waals surface area (Å²) in [6, 6.07) is 7.04. The highest BCUT2D eigenvalue weighted by Gasteiger charge is 2.35. The monoisotopic (exact) mass is 316 g/mol. The maximum Gasteiger partial charge on any atom is 0.443 e. The Bertz CT molecular complexity index is 598. The number of alkyl halides is 3. The predicted molar refractivity (Wildman–Crippen MR) is 75.3 cm³/mol. The van der Waals surface area contributed by atoms with Crippen LogP contribution in [0.15, 0.2) is 30.5 Å². The number of ether oxygens (including phenoxy) is 1. The van der Waals surface area contributed by atoms with Crippen molar-refractivity contribution in [1.29, 1.82) is 0 Å². The van der Waals surface area contributed by atoms with E-state index in [1.165, 1.54) is 6.20 Å². The highest BCUT2D eigenvalue weighted by atomic mass is 32.1. The van der Waals surface area contributed by atoms with Gasteiger partial charge < -0.3 is 10.5 Å². The number of hydrogen-bond acceptors (Lipinski definition) is 4. The van der Waals surface area contributed by atoms with Gasteiger partial charge in [-0.15, -0.1) is 11.3 Å². The van der Waals surface area contributed by atoms with Crippen LogP contribution in [0.5, 0.6) is 5.75 Å². The van der Waals surface area contributed by atoms with E-state index < -0.39 is 17.2 Å². The molecule has 21 heavy (non-hydrogen) atoms. The maximum atomic E-state index is 12.5. The van der Waals surface area contributed by atoms with E-state index in [1.54, 1.807) is 0 Å². The van der Waals surface area contributed by atoms with Gasteiger partial charge in [-0.1, -0.05) is 12.1 Å². The molecule has 1 atom stereocenters. The summed E-state index contributed by atoms with van der Waals surface area (Å²) in [6.45, 7) is 2.29. The van der Waals surface area contributed by atoms with E-state index in [0.29, 0.717) is 29.2 Å². The SMILES string of the molecule is Cc1cccc(OCCC(N)c2cnc(C(F)(F)F)s2)c1. The molecule has 0 amide bonds. The molecule has 2 N–H and O–H groups in total. The van der Waals surface area contributed by atoms with Gasteiger partial charge in [-0.2, -0.15) is 13.2 Å². The summed E-state index contributed by atoms with van der Waals surface area (Å²) < 4.78 is 42.9. The van der Waals surface area contributed by atoms with Gasteiger partial charge in [0.05, 0.1) is 6.61 Å². The fraction of sp³-hybridized carbons (Fsp3) is 0.357. The molecule has 2 aromatic rings. The Hall–Kier alpha value is -1.60. The first-order valence-corrected chi connectivity index (χ1v) is 7.16. The van der Waals surface area contributed by atoms with Crippen LogP contribution in [-0.4, -0.2) is 11.6 Å². The summed E-state index contributed by atoms with van der Waals surface area (Å²) in [5.74, 6) is 0.725. The summed E-state index contributed by atoms with van der Waals surface area (Å²) in [6.07, 6.45) is -2.81. The molecule has 0 radical (unpaired) electrons. The van der Waals surface area contributed by atoms with Crippen molar-refractivity contribution in [2.24, 2.45) is 5.73 Å². The van der Waals surface area contributed by atoms with Gasteiger partial charge in [-0.25, -0.2) is 4.98 Å². The van der Waals surface area contributed by atoms with Crippen molar-refractivity contribution in [3.05, 3.63) is 45.9 Å². The third-order valence-electron chi connectivity index (χ3n) is 2.82. The van der Waals surface area contributed by atoms with Crippen LogP contribution in [0.2, 0.25) is 0 Å². The molecule has 0 spiro atoms. The van der Waals surface area contributed by atoms with Crippen LogP contribution in [0.4, 0.5) is 13.2 Å². The fourth-order valence-electron chi connectivity index (χ4n) is 1.74. The second-order valence-corrected chi connectivity index (χ2v) is 5.69. The lowest BCUT2D eigenvalue weighted by Crippen LogP contribution is -2.13. The molecule has 0 saturated heterocycles. The third-order valence-corrected chi connectivity index (χ3v) is 3.99. The van der Waals surface area contributed by atoms with Crippen molar-refractivity contribution >= 4 is 11.3 Å². The van der Waals surface area contributed by atoms with Crippen LogP contribution in [0.3, 0.4) is 0 Å². The second kappa shape index (κ2) is 6.44. The van der Waals surface area contributed by atoms with Gasteiger partial charge in [0.15, 0.2) is 5.01 Å². The zero-order valence-corrected chi connectivity index (χ0v) is 12.2. The Kier molecular flexibility index (Phi) is 4.84. The van der Waals surface area contributed by atoms with E-state index in [-0.39, 0.29) is 0 Å². The number of halogens is 3. The number of aryl methyl sites for hydroxylation is 1. The number of hydrogen-bond donors (Lipinski definition) is 1. The van der Waals surface area contributed by atoms with Crippen LogP contribution in [0.25, 0.3) is 0 Å². The number of rotatable bonds is 5. The molecule has 2 rings (SSSR count). The summed E-state index contributed by atoms with van der Waals surface area (Å²) in [5.41, 5.74) is 6.95. The van der Waals surface area contributed by atoms with Crippen molar-refractivity contribution in [2.75, 3.05) is 6.61 Å². The van der Waals surface area contributed by atoms with Gasteiger partial charge in [-0.05, 0) is 24.6 Å². The minimum atomic E-state index is -4.42. The first-order chi connectivity index (χ1) is 9.86. The molecule has 0 saturated carbocycles. The van der Waals surface area contributed by atoms with Crippen LogP contribution >= 0.6 is 11.3 Å². The van der Waals surface area contributed by atoms with E-state index in [9.17, 15) is 13.2 Å². The third kappa shape index (κ3) is 4.44. The van der Waals surface area contributed by atoms with Crippen LogP contribution in [0, 0.1) is 6.92 Å². The molecule has 3 nitrogen and oxygen atoms in total. The number of nitrogens with two attached hydrogens (primary N) is 1.